The first-order valence-electron chi connectivity index (χ1n) is 7.51. The van der Waals surface area contributed by atoms with Crippen LogP contribution in [0.1, 0.15) is 66.2 Å². The zero-order chi connectivity index (χ0) is 12.1. The van der Waals surface area contributed by atoms with E-state index in [2.05, 4.69) is 27.7 Å². The van der Waals surface area contributed by atoms with E-state index in [0.29, 0.717) is 27.9 Å². The van der Waals surface area contributed by atoms with Gasteiger partial charge in [-0.25, -0.2) is 0 Å². The van der Waals surface area contributed by atoms with Crippen LogP contribution in [0.15, 0.2) is 0 Å². The van der Waals surface area contributed by atoms with E-state index in [9.17, 15) is 0 Å². The molecule has 3 aliphatic carbocycles. The Labute approximate surface area is 105 Å². The van der Waals surface area contributed by atoms with Gasteiger partial charge in [0.15, 0.2) is 0 Å². The zero-order valence-corrected chi connectivity index (χ0v) is 11.8. The summed E-state index contributed by atoms with van der Waals surface area (Å²) in [7, 11) is 0. The highest BCUT2D eigenvalue weighted by molar-refractivity contribution is 5.27. The standard InChI is InChI=1S/C16H26O/c1-13(2)10-16-12(17-16)6-7-14(3,4)15(16)8-5-11(13)9-15/h11-12H,5-10H2,1-4H3. The van der Waals surface area contributed by atoms with Gasteiger partial charge in [0.1, 0.15) is 5.60 Å². The van der Waals surface area contributed by atoms with E-state index in [1.165, 1.54) is 38.5 Å². The second-order valence-electron chi connectivity index (χ2n) is 8.61. The van der Waals surface area contributed by atoms with Crippen LogP contribution in [0.4, 0.5) is 0 Å². The smallest absolute Gasteiger partial charge is 0.101 e. The van der Waals surface area contributed by atoms with Crippen LogP contribution in [0.5, 0.6) is 0 Å². The Morgan fingerprint density at radius 3 is 2.53 bits per heavy atom. The largest absolute Gasteiger partial charge is 0.365 e. The van der Waals surface area contributed by atoms with Crippen molar-refractivity contribution in [2.75, 3.05) is 0 Å². The lowest BCUT2D eigenvalue weighted by molar-refractivity contribution is -0.0849. The number of hydrogen-bond donors (Lipinski definition) is 0. The van der Waals surface area contributed by atoms with Gasteiger partial charge in [0, 0.05) is 5.41 Å². The summed E-state index contributed by atoms with van der Waals surface area (Å²) in [4.78, 5) is 0. The van der Waals surface area contributed by atoms with Crippen molar-refractivity contribution in [2.24, 2.45) is 22.2 Å². The van der Waals surface area contributed by atoms with E-state index in [1.54, 1.807) is 0 Å². The predicted molar refractivity (Wildman–Crippen MR) is 68.8 cm³/mol. The second kappa shape index (κ2) is 2.61. The quantitative estimate of drug-likeness (QED) is 0.573. The molecule has 4 aliphatic rings. The molecule has 4 atom stereocenters. The lowest BCUT2D eigenvalue weighted by atomic mass is 9.46. The monoisotopic (exact) mass is 234 g/mol. The number of epoxide rings is 1. The fourth-order valence-corrected chi connectivity index (χ4v) is 6.09. The third-order valence-electron chi connectivity index (χ3n) is 7.29. The van der Waals surface area contributed by atoms with Crippen molar-refractivity contribution in [1.82, 2.24) is 0 Å². The van der Waals surface area contributed by atoms with Crippen molar-refractivity contribution < 1.29 is 4.74 Å². The molecule has 1 nitrogen and oxygen atoms in total. The maximum atomic E-state index is 6.36. The van der Waals surface area contributed by atoms with Crippen molar-refractivity contribution in [3.05, 3.63) is 0 Å². The van der Waals surface area contributed by atoms with Gasteiger partial charge in [-0.2, -0.15) is 0 Å². The molecule has 4 unspecified atom stereocenters. The molecule has 1 aliphatic heterocycles. The third-order valence-corrected chi connectivity index (χ3v) is 7.29. The van der Waals surface area contributed by atoms with Gasteiger partial charge in [-0.3, -0.25) is 0 Å². The molecule has 3 saturated carbocycles. The zero-order valence-electron chi connectivity index (χ0n) is 11.8. The number of fused-ring (bicyclic) bond motifs is 1. The summed E-state index contributed by atoms with van der Waals surface area (Å²) in [5, 5.41) is 0. The van der Waals surface area contributed by atoms with Crippen molar-refractivity contribution in [3.63, 3.8) is 0 Å². The van der Waals surface area contributed by atoms with Crippen molar-refractivity contribution in [1.29, 1.82) is 0 Å². The van der Waals surface area contributed by atoms with E-state index in [4.69, 9.17) is 4.74 Å². The Kier molecular flexibility index (Phi) is 1.67. The summed E-state index contributed by atoms with van der Waals surface area (Å²) in [6, 6.07) is 0. The molecule has 1 saturated heterocycles. The maximum absolute atomic E-state index is 6.36. The van der Waals surface area contributed by atoms with E-state index >= 15 is 0 Å². The molecule has 2 bridgehead atoms. The minimum atomic E-state index is 0.297. The Hall–Kier alpha value is -0.0400. The van der Waals surface area contributed by atoms with Crippen LogP contribution in [0, 0.1) is 22.2 Å². The Morgan fingerprint density at radius 1 is 1.00 bits per heavy atom. The first-order chi connectivity index (χ1) is 7.83. The lowest BCUT2D eigenvalue weighted by Gasteiger charge is -2.56. The molecule has 4 fully saturated rings. The molecule has 0 amide bonds. The summed E-state index contributed by atoms with van der Waals surface area (Å²) in [6.07, 6.45) is 8.98. The average Bonchev–Trinajstić information content (AvgIpc) is 2.74. The highest BCUT2D eigenvalue weighted by atomic mass is 16.6. The van der Waals surface area contributed by atoms with Crippen molar-refractivity contribution >= 4 is 0 Å². The second-order valence-corrected chi connectivity index (χ2v) is 8.61. The van der Waals surface area contributed by atoms with Gasteiger partial charge >= 0.3 is 0 Å². The lowest BCUT2D eigenvalue weighted by Crippen LogP contribution is -2.56. The van der Waals surface area contributed by atoms with Gasteiger partial charge in [0.05, 0.1) is 6.10 Å². The summed E-state index contributed by atoms with van der Waals surface area (Å²) in [5.74, 6) is 0.954. The fraction of sp³-hybridized carbons (Fsp3) is 1.00. The van der Waals surface area contributed by atoms with Crippen LogP contribution in [0.3, 0.4) is 0 Å². The van der Waals surface area contributed by atoms with E-state index < -0.39 is 0 Å². The van der Waals surface area contributed by atoms with Gasteiger partial charge in [-0.1, -0.05) is 27.7 Å². The summed E-state index contributed by atoms with van der Waals surface area (Å²) in [6.45, 7) is 10.0. The summed E-state index contributed by atoms with van der Waals surface area (Å²) in [5.41, 5.74) is 1.85. The van der Waals surface area contributed by atoms with Gasteiger partial charge in [0.2, 0.25) is 0 Å². The van der Waals surface area contributed by atoms with Crippen molar-refractivity contribution in [3.8, 4) is 0 Å². The van der Waals surface area contributed by atoms with Crippen molar-refractivity contribution in [2.45, 2.75) is 77.9 Å². The minimum absolute atomic E-state index is 0.297. The molecule has 4 rings (SSSR count). The normalized spacial score (nSPS) is 57.2. The Balaban J connectivity index is 1.85. The predicted octanol–water partition coefficient (Wildman–Crippen LogP) is 4.16. The van der Waals surface area contributed by atoms with Gasteiger partial charge < -0.3 is 4.74 Å². The molecule has 0 aromatic rings. The van der Waals surface area contributed by atoms with Crippen LogP contribution in [0.25, 0.3) is 0 Å². The number of rotatable bonds is 0. The topological polar surface area (TPSA) is 12.5 Å². The SMILES string of the molecule is CC1(C)CC23OC2CCC(C)(C)C32CCC1C2. The molecule has 0 N–H and O–H groups in total. The Morgan fingerprint density at radius 2 is 1.76 bits per heavy atom. The highest BCUT2D eigenvalue weighted by Gasteiger charge is 2.79. The minimum Gasteiger partial charge on any atom is -0.365 e. The molecule has 0 aromatic heterocycles. The van der Waals surface area contributed by atoms with Crippen LogP contribution in [0.2, 0.25) is 0 Å². The van der Waals surface area contributed by atoms with Crippen LogP contribution in [-0.2, 0) is 4.74 Å². The molecule has 2 spiro atoms. The first kappa shape index (κ1) is 10.8. The number of hydrogen-bond acceptors (Lipinski definition) is 1. The molecular formula is C16H26O. The van der Waals surface area contributed by atoms with Crippen LogP contribution < -0.4 is 0 Å². The summed E-state index contributed by atoms with van der Waals surface area (Å²) >= 11 is 0. The average molecular weight is 234 g/mol. The molecule has 1 heteroatoms. The van der Waals surface area contributed by atoms with Gasteiger partial charge in [0.25, 0.3) is 0 Å². The van der Waals surface area contributed by atoms with Gasteiger partial charge in [-0.15, -0.1) is 0 Å². The number of ether oxygens (including phenoxy) is 1. The van der Waals surface area contributed by atoms with E-state index in [-0.39, 0.29) is 0 Å². The van der Waals surface area contributed by atoms with Crippen LogP contribution >= 0.6 is 0 Å². The highest BCUT2D eigenvalue weighted by Crippen LogP contribution is 2.78. The molecule has 0 aromatic carbocycles. The first-order valence-corrected chi connectivity index (χ1v) is 7.51. The molecular weight excluding hydrogens is 208 g/mol. The van der Waals surface area contributed by atoms with E-state index in [1.807, 2.05) is 0 Å². The maximum Gasteiger partial charge on any atom is 0.101 e. The fourth-order valence-electron chi connectivity index (χ4n) is 6.09. The van der Waals surface area contributed by atoms with E-state index in [0.717, 1.165) is 5.92 Å². The molecule has 96 valence electrons. The molecule has 0 radical (unpaired) electrons. The molecule has 1 heterocycles. The third kappa shape index (κ3) is 0.993. The summed E-state index contributed by atoms with van der Waals surface area (Å²) < 4.78 is 6.36. The van der Waals surface area contributed by atoms with Gasteiger partial charge in [-0.05, 0) is 55.3 Å². The van der Waals surface area contributed by atoms with Crippen LogP contribution in [-0.4, -0.2) is 11.7 Å². The Bertz CT molecular complexity index is 383. The molecule has 17 heavy (non-hydrogen) atoms.